The summed E-state index contributed by atoms with van der Waals surface area (Å²) in [6.45, 7) is 0.476. The number of benzene rings is 1. The van der Waals surface area contributed by atoms with Crippen LogP contribution in [0.3, 0.4) is 0 Å². The average molecular weight is 289 g/mol. The topological polar surface area (TPSA) is 71.2 Å². The number of hydrogen-bond donors (Lipinski definition) is 2. The number of carbonyl (C=O) groups excluding carboxylic acids is 1. The van der Waals surface area contributed by atoms with Crippen molar-refractivity contribution in [1.82, 2.24) is 4.98 Å². The minimum absolute atomic E-state index is 0.0725. The Kier molecular flexibility index (Phi) is 3.30. The highest BCUT2D eigenvalue weighted by Crippen LogP contribution is 2.32. The third-order valence-corrected chi connectivity index (χ3v) is 3.53. The molecule has 6 heteroatoms. The molecule has 1 aliphatic rings. The predicted molar refractivity (Wildman–Crippen MR) is 78.4 cm³/mol. The van der Waals surface area contributed by atoms with Crippen LogP contribution in [0.2, 0.25) is 5.02 Å². The van der Waals surface area contributed by atoms with Crippen LogP contribution in [0.25, 0.3) is 0 Å². The van der Waals surface area contributed by atoms with Gasteiger partial charge in [0, 0.05) is 16.9 Å². The Morgan fingerprint density at radius 1 is 1.35 bits per heavy atom. The first-order valence-electron chi connectivity index (χ1n) is 6.18. The Hall–Kier alpha value is -2.11. The van der Waals surface area contributed by atoms with Crippen molar-refractivity contribution < 1.29 is 4.79 Å². The zero-order valence-electron chi connectivity index (χ0n) is 10.6. The van der Waals surface area contributed by atoms with Gasteiger partial charge in [-0.25, -0.2) is 10.8 Å². The zero-order valence-corrected chi connectivity index (χ0v) is 11.4. The standard InChI is InChI=1S/C14H13ClN4O/c15-11-3-2-10-5-14(20)19(12(10)6-11)8-9-1-4-13(18-16)17-7-9/h1-4,6-7H,5,8,16H2,(H,17,18). The fraction of sp³-hybridized carbons (Fsp3) is 0.143. The summed E-state index contributed by atoms with van der Waals surface area (Å²) in [5.74, 6) is 5.93. The van der Waals surface area contributed by atoms with E-state index in [0.29, 0.717) is 23.8 Å². The fourth-order valence-electron chi connectivity index (χ4n) is 2.29. The van der Waals surface area contributed by atoms with Crippen LogP contribution in [0.15, 0.2) is 36.5 Å². The van der Waals surface area contributed by atoms with Gasteiger partial charge in [0.1, 0.15) is 5.82 Å². The number of nitrogens with one attached hydrogen (secondary N) is 1. The maximum Gasteiger partial charge on any atom is 0.231 e. The van der Waals surface area contributed by atoms with Gasteiger partial charge in [0.25, 0.3) is 0 Å². The zero-order chi connectivity index (χ0) is 14.1. The maximum absolute atomic E-state index is 12.1. The molecule has 0 radical (unpaired) electrons. The van der Waals surface area contributed by atoms with Crippen molar-refractivity contribution in [3.05, 3.63) is 52.7 Å². The molecule has 0 aliphatic carbocycles. The predicted octanol–water partition coefficient (Wildman–Crippen LogP) is 2.11. The largest absolute Gasteiger partial charge is 0.308 e. The summed E-state index contributed by atoms with van der Waals surface area (Å²) in [5, 5.41) is 0.629. The number of nitrogens with two attached hydrogens (primary N) is 1. The summed E-state index contributed by atoms with van der Waals surface area (Å²) in [6, 6.07) is 9.19. The summed E-state index contributed by atoms with van der Waals surface area (Å²) in [6.07, 6.45) is 2.12. The van der Waals surface area contributed by atoms with Crippen LogP contribution in [-0.4, -0.2) is 10.9 Å². The molecule has 1 amide bonds. The van der Waals surface area contributed by atoms with Crippen LogP contribution in [-0.2, 0) is 17.8 Å². The van der Waals surface area contributed by atoms with Crippen LogP contribution in [0.1, 0.15) is 11.1 Å². The highest BCUT2D eigenvalue weighted by atomic mass is 35.5. The number of amides is 1. The van der Waals surface area contributed by atoms with E-state index in [9.17, 15) is 4.79 Å². The molecule has 1 aromatic carbocycles. The van der Waals surface area contributed by atoms with Crippen LogP contribution in [0.4, 0.5) is 11.5 Å². The van der Waals surface area contributed by atoms with Crippen LogP contribution in [0.5, 0.6) is 0 Å². The first-order valence-corrected chi connectivity index (χ1v) is 6.55. The van der Waals surface area contributed by atoms with Gasteiger partial charge < -0.3 is 10.3 Å². The molecule has 1 aromatic heterocycles. The fourth-order valence-corrected chi connectivity index (χ4v) is 2.46. The second kappa shape index (κ2) is 5.11. The third-order valence-electron chi connectivity index (χ3n) is 3.29. The lowest BCUT2D eigenvalue weighted by molar-refractivity contribution is -0.117. The molecule has 2 aromatic rings. The van der Waals surface area contributed by atoms with Gasteiger partial charge in [0.2, 0.25) is 5.91 Å². The summed E-state index contributed by atoms with van der Waals surface area (Å²) in [5.41, 5.74) is 5.29. The normalized spacial score (nSPS) is 13.5. The van der Waals surface area contributed by atoms with E-state index in [1.54, 1.807) is 23.2 Å². The Morgan fingerprint density at radius 3 is 2.90 bits per heavy atom. The Labute approximate surface area is 121 Å². The summed E-state index contributed by atoms with van der Waals surface area (Å²) < 4.78 is 0. The molecule has 0 spiro atoms. The van der Waals surface area contributed by atoms with E-state index < -0.39 is 0 Å². The molecule has 1 aliphatic heterocycles. The minimum atomic E-state index is 0.0725. The average Bonchev–Trinajstić information content (AvgIpc) is 2.76. The number of fused-ring (bicyclic) bond motifs is 1. The van der Waals surface area contributed by atoms with Gasteiger partial charge in [0.15, 0.2) is 0 Å². The number of aromatic nitrogens is 1. The van der Waals surface area contributed by atoms with Crippen LogP contribution < -0.4 is 16.2 Å². The SMILES string of the molecule is NNc1ccc(CN2C(=O)Cc3ccc(Cl)cc32)cn1. The number of pyridine rings is 1. The van der Waals surface area contributed by atoms with E-state index in [1.807, 2.05) is 18.2 Å². The molecule has 3 rings (SSSR count). The summed E-state index contributed by atoms with van der Waals surface area (Å²) in [4.78, 5) is 18.0. The van der Waals surface area contributed by atoms with E-state index in [4.69, 9.17) is 17.4 Å². The Balaban J connectivity index is 1.87. The number of nitrogen functional groups attached to an aromatic ring is 1. The van der Waals surface area contributed by atoms with Gasteiger partial charge >= 0.3 is 0 Å². The van der Waals surface area contributed by atoms with Crippen LogP contribution >= 0.6 is 11.6 Å². The molecule has 0 fully saturated rings. The van der Waals surface area contributed by atoms with E-state index in [-0.39, 0.29) is 5.91 Å². The molecule has 0 atom stereocenters. The first-order chi connectivity index (χ1) is 9.67. The molecular formula is C14H13ClN4O. The van der Waals surface area contributed by atoms with Crippen molar-refractivity contribution in [2.75, 3.05) is 10.3 Å². The number of anilines is 2. The quantitative estimate of drug-likeness (QED) is 0.670. The van der Waals surface area contributed by atoms with Gasteiger partial charge in [-0.15, -0.1) is 0 Å². The lowest BCUT2D eigenvalue weighted by Crippen LogP contribution is -2.26. The molecule has 2 heterocycles. The third kappa shape index (κ3) is 2.33. The van der Waals surface area contributed by atoms with Crippen molar-refractivity contribution in [3.8, 4) is 0 Å². The van der Waals surface area contributed by atoms with E-state index in [0.717, 1.165) is 16.8 Å². The smallest absolute Gasteiger partial charge is 0.231 e. The van der Waals surface area contributed by atoms with Crippen molar-refractivity contribution in [2.45, 2.75) is 13.0 Å². The number of hydrogen-bond acceptors (Lipinski definition) is 4. The monoisotopic (exact) mass is 288 g/mol. The maximum atomic E-state index is 12.1. The summed E-state index contributed by atoms with van der Waals surface area (Å²) in [7, 11) is 0. The number of carbonyl (C=O) groups is 1. The Bertz CT molecular complexity index is 657. The number of halogens is 1. The van der Waals surface area contributed by atoms with Gasteiger partial charge in [-0.1, -0.05) is 23.7 Å². The van der Waals surface area contributed by atoms with Crippen LogP contribution in [0, 0.1) is 0 Å². The van der Waals surface area contributed by atoms with E-state index in [2.05, 4.69) is 10.4 Å². The molecule has 5 nitrogen and oxygen atoms in total. The van der Waals surface area contributed by atoms with Crippen molar-refractivity contribution in [3.63, 3.8) is 0 Å². The van der Waals surface area contributed by atoms with E-state index >= 15 is 0 Å². The summed E-state index contributed by atoms with van der Waals surface area (Å²) >= 11 is 6.01. The van der Waals surface area contributed by atoms with Crippen molar-refractivity contribution >= 4 is 29.0 Å². The van der Waals surface area contributed by atoms with Crippen molar-refractivity contribution in [2.24, 2.45) is 5.84 Å². The van der Waals surface area contributed by atoms with Gasteiger partial charge in [-0.05, 0) is 29.3 Å². The number of nitrogens with zero attached hydrogens (tertiary/aromatic N) is 2. The van der Waals surface area contributed by atoms with Crippen molar-refractivity contribution in [1.29, 1.82) is 0 Å². The first kappa shape index (κ1) is 12.9. The highest BCUT2D eigenvalue weighted by molar-refractivity contribution is 6.31. The molecule has 3 N–H and O–H groups in total. The minimum Gasteiger partial charge on any atom is -0.308 e. The molecule has 0 saturated carbocycles. The molecular weight excluding hydrogens is 276 g/mol. The lowest BCUT2D eigenvalue weighted by atomic mass is 10.2. The van der Waals surface area contributed by atoms with Gasteiger partial charge in [-0.3, -0.25) is 4.79 Å². The highest BCUT2D eigenvalue weighted by Gasteiger charge is 2.27. The van der Waals surface area contributed by atoms with Gasteiger partial charge in [0.05, 0.1) is 13.0 Å². The molecule has 0 bridgehead atoms. The lowest BCUT2D eigenvalue weighted by Gasteiger charge is -2.17. The molecule has 102 valence electrons. The number of rotatable bonds is 3. The van der Waals surface area contributed by atoms with Gasteiger partial charge in [-0.2, -0.15) is 0 Å². The Morgan fingerprint density at radius 2 is 2.20 bits per heavy atom. The molecule has 0 saturated heterocycles. The second-order valence-electron chi connectivity index (χ2n) is 4.63. The number of hydrazine groups is 1. The molecule has 0 unspecified atom stereocenters. The molecule has 20 heavy (non-hydrogen) atoms. The second-order valence-corrected chi connectivity index (χ2v) is 5.06. The van der Waals surface area contributed by atoms with E-state index in [1.165, 1.54) is 0 Å².